The highest BCUT2D eigenvalue weighted by Crippen LogP contribution is 2.20. The van der Waals surface area contributed by atoms with Crippen LogP contribution >= 0.6 is 0 Å². The lowest BCUT2D eigenvalue weighted by Gasteiger charge is -2.12. The molecule has 1 saturated heterocycles. The highest BCUT2D eigenvalue weighted by molar-refractivity contribution is 5.90. The summed E-state index contributed by atoms with van der Waals surface area (Å²) < 4.78 is 7.10. The molecule has 18 heavy (non-hydrogen) atoms. The molecule has 1 aliphatic rings. The molecule has 5 N–H and O–H groups in total. The van der Waals surface area contributed by atoms with E-state index in [2.05, 4.69) is 10.5 Å². The minimum Gasteiger partial charge on any atom is -0.364 e. The predicted octanol–water partition coefficient (Wildman–Crippen LogP) is -1.48. The minimum absolute atomic E-state index is 0.118. The molecule has 8 heteroatoms. The normalized spacial score (nSPS) is 22.9. The molecule has 2 atom stereocenters. The quantitative estimate of drug-likeness (QED) is 0.343. The van der Waals surface area contributed by atoms with Gasteiger partial charge in [0.15, 0.2) is 0 Å². The number of carbonyl (C=O) groups excluding carboxylic acids is 2. The van der Waals surface area contributed by atoms with Crippen molar-refractivity contribution in [1.29, 1.82) is 0 Å². The average Bonchev–Trinajstić information content (AvgIpc) is 2.98. The smallest absolute Gasteiger partial charge is 0.269 e. The fourth-order valence-electron chi connectivity index (χ4n) is 1.93. The summed E-state index contributed by atoms with van der Waals surface area (Å²) in [5.41, 5.74) is 7.38. The number of hydrogen-bond acceptors (Lipinski definition) is 5. The van der Waals surface area contributed by atoms with Crippen LogP contribution in [0.15, 0.2) is 12.3 Å². The van der Waals surface area contributed by atoms with Gasteiger partial charge in [-0.1, -0.05) is 0 Å². The van der Waals surface area contributed by atoms with Gasteiger partial charge in [0.2, 0.25) is 0 Å². The molecule has 1 aliphatic heterocycles. The summed E-state index contributed by atoms with van der Waals surface area (Å²) in [5.74, 6) is 4.15. The molecule has 1 fully saturated rings. The Morgan fingerprint density at radius 3 is 2.94 bits per heavy atom. The lowest BCUT2D eigenvalue weighted by atomic mass is 10.2. The molecule has 0 saturated carbocycles. The van der Waals surface area contributed by atoms with Crippen LogP contribution in [0.2, 0.25) is 0 Å². The second-order valence-corrected chi connectivity index (χ2v) is 4.12. The van der Waals surface area contributed by atoms with Gasteiger partial charge in [-0.05, 0) is 18.9 Å². The Balaban J connectivity index is 1.91. The van der Waals surface area contributed by atoms with Gasteiger partial charge in [0.05, 0.1) is 12.6 Å². The van der Waals surface area contributed by atoms with Crippen molar-refractivity contribution in [2.75, 3.05) is 0 Å². The van der Waals surface area contributed by atoms with E-state index in [9.17, 15) is 9.59 Å². The van der Waals surface area contributed by atoms with E-state index in [4.69, 9.17) is 16.3 Å². The number of carbonyl (C=O) groups is 2. The Hall–Kier alpha value is -1.93. The third kappa shape index (κ3) is 2.66. The number of hydrazine groups is 1. The van der Waals surface area contributed by atoms with Crippen molar-refractivity contribution < 1.29 is 14.3 Å². The van der Waals surface area contributed by atoms with Gasteiger partial charge < -0.3 is 10.5 Å². The van der Waals surface area contributed by atoms with E-state index in [1.165, 1.54) is 0 Å². The number of hydrogen-bond donors (Lipinski definition) is 3. The zero-order valence-electron chi connectivity index (χ0n) is 9.70. The van der Waals surface area contributed by atoms with Gasteiger partial charge in [0.25, 0.3) is 11.8 Å². The summed E-state index contributed by atoms with van der Waals surface area (Å²) in [6.45, 7) is 0.474. The average molecular weight is 253 g/mol. The van der Waals surface area contributed by atoms with E-state index >= 15 is 0 Å². The molecule has 0 spiro atoms. The lowest BCUT2D eigenvalue weighted by molar-refractivity contribution is -0.132. The molecule has 1 aromatic rings. The van der Waals surface area contributed by atoms with Gasteiger partial charge >= 0.3 is 0 Å². The van der Waals surface area contributed by atoms with E-state index in [0.29, 0.717) is 13.0 Å². The molecule has 1 aromatic heterocycles. The first kappa shape index (κ1) is 12.5. The molecular formula is C10H15N5O3. The van der Waals surface area contributed by atoms with Crippen molar-refractivity contribution in [3.63, 3.8) is 0 Å². The maximum atomic E-state index is 11.3. The van der Waals surface area contributed by atoms with Crippen molar-refractivity contribution in [3.05, 3.63) is 18.0 Å². The van der Waals surface area contributed by atoms with Crippen molar-refractivity contribution in [1.82, 2.24) is 15.2 Å². The number of aromatic nitrogens is 2. The minimum atomic E-state index is -0.568. The first-order chi connectivity index (χ1) is 8.60. The summed E-state index contributed by atoms with van der Waals surface area (Å²) in [6.07, 6.45) is 2.39. The fourth-order valence-corrected chi connectivity index (χ4v) is 1.93. The van der Waals surface area contributed by atoms with E-state index in [1.807, 2.05) is 0 Å². The van der Waals surface area contributed by atoms with E-state index < -0.39 is 12.0 Å². The molecule has 2 rings (SSSR count). The number of rotatable bonds is 4. The maximum absolute atomic E-state index is 11.3. The number of amides is 2. The van der Waals surface area contributed by atoms with E-state index in [-0.39, 0.29) is 17.7 Å². The van der Waals surface area contributed by atoms with Gasteiger partial charge in [0, 0.05) is 6.20 Å². The zero-order chi connectivity index (χ0) is 13.1. The van der Waals surface area contributed by atoms with Crippen LogP contribution < -0.4 is 17.0 Å². The molecule has 98 valence electrons. The molecule has 0 aliphatic carbocycles. The summed E-state index contributed by atoms with van der Waals surface area (Å²) >= 11 is 0. The fraction of sp³-hybridized carbons (Fsp3) is 0.500. The summed E-state index contributed by atoms with van der Waals surface area (Å²) in [4.78, 5) is 22.1. The Bertz CT molecular complexity index is 458. The number of nitrogens with two attached hydrogens (primary N) is 2. The van der Waals surface area contributed by atoms with Crippen molar-refractivity contribution in [2.45, 2.75) is 31.6 Å². The molecule has 0 radical (unpaired) electrons. The Morgan fingerprint density at radius 2 is 2.33 bits per heavy atom. The highest BCUT2D eigenvalue weighted by atomic mass is 16.5. The molecule has 2 amide bonds. The Kier molecular flexibility index (Phi) is 3.58. The SMILES string of the molecule is NNC(=O)C1CCC(Cn2ccc(C(N)=O)n2)O1. The van der Waals surface area contributed by atoms with Gasteiger partial charge in [-0.3, -0.25) is 19.7 Å². The van der Waals surface area contributed by atoms with Crippen molar-refractivity contribution in [2.24, 2.45) is 11.6 Å². The maximum Gasteiger partial charge on any atom is 0.269 e. The number of nitrogens with zero attached hydrogens (tertiary/aromatic N) is 2. The van der Waals surface area contributed by atoms with Crippen LogP contribution in [0.5, 0.6) is 0 Å². The molecule has 0 aromatic carbocycles. The third-order valence-electron chi connectivity index (χ3n) is 2.83. The Labute approximate surface area is 103 Å². The topological polar surface area (TPSA) is 125 Å². The van der Waals surface area contributed by atoms with Gasteiger partial charge in [-0.25, -0.2) is 5.84 Å². The van der Waals surface area contributed by atoms with Crippen LogP contribution in [-0.4, -0.2) is 33.8 Å². The number of nitrogens with one attached hydrogen (secondary N) is 1. The van der Waals surface area contributed by atoms with Crippen LogP contribution in [-0.2, 0) is 16.1 Å². The van der Waals surface area contributed by atoms with Crippen LogP contribution in [0.4, 0.5) is 0 Å². The predicted molar refractivity (Wildman–Crippen MR) is 61.0 cm³/mol. The summed E-state index contributed by atoms with van der Waals surface area (Å²) in [5, 5.41) is 4.00. The van der Waals surface area contributed by atoms with Crippen LogP contribution in [0.3, 0.4) is 0 Å². The zero-order valence-corrected chi connectivity index (χ0v) is 9.70. The number of ether oxygens (including phenoxy) is 1. The first-order valence-corrected chi connectivity index (χ1v) is 5.59. The van der Waals surface area contributed by atoms with E-state index in [1.54, 1.807) is 16.9 Å². The van der Waals surface area contributed by atoms with Crippen LogP contribution in [0.1, 0.15) is 23.3 Å². The largest absolute Gasteiger partial charge is 0.364 e. The highest BCUT2D eigenvalue weighted by Gasteiger charge is 2.30. The standard InChI is InChI=1S/C10H15N5O3/c11-9(16)7-3-4-15(14-7)5-6-1-2-8(18-6)10(17)13-12/h3-4,6,8H,1-2,5,12H2,(H2,11,16)(H,13,17). The molecular weight excluding hydrogens is 238 g/mol. The second-order valence-electron chi connectivity index (χ2n) is 4.12. The van der Waals surface area contributed by atoms with Crippen molar-refractivity contribution >= 4 is 11.8 Å². The lowest BCUT2D eigenvalue weighted by Crippen LogP contribution is -2.39. The van der Waals surface area contributed by atoms with Crippen LogP contribution in [0.25, 0.3) is 0 Å². The first-order valence-electron chi connectivity index (χ1n) is 5.59. The van der Waals surface area contributed by atoms with Gasteiger partial charge in [0.1, 0.15) is 11.8 Å². The number of primary amides is 1. The third-order valence-corrected chi connectivity index (χ3v) is 2.83. The second kappa shape index (κ2) is 5.15. The summed E-state index contributed by atoms with van der Waals surface area (Å²) in [6, 6.07) is 1.54. The molecule has 8 nitrogen and oxygen atoms in total. The summed E-state index contributed by atoms with van der Waals surface area (Å²) in [7, 11) is 0. The van der Waals surface area contributed by atoms with Crippen molar-refractivity contribution in [3.8, 4) is 0 Å². The molecule has 0 bridgehead atoms. The Morgan fingerprint density at radius 1 is 1.56 bits per heavy atom. The van der Waals surface area contributed by atoms with E-state index in [0.717, 1.165) is 6.42 Å². The van der Waals surface area contributed by atoms with Gasteiger partial charge in [-0.15, -0.1) is 0 Å². The molecule has 2 heterocycles. The molecule has 2 unspecified atom stereocenters. The monoisotopic (exact) mass is 253 g/mol. The van der Waals surface area contributed by atoms with Crippen LogP contribution in [0, 0.1) is 0 Å². The van der Waals surface area contributed by atoms with Gasteiger partial charge in [-0.2, -0.15) is 5.10 Å².